The first-order valence-corrected chi connectivity index (χ1v) is 6.28. The fraction of sp³-hybridized carbons (Fsp3) is 0.500. The highest BCUT2D eigenvalue weighted by atomic mass is 19.1. The van der Waals surface area contributed by atoms with Crippen molar-refractivity contribution in [3.63, 3.8) is 0 Å². The molecule has 106 valence electrons. The Morgan fingerprint density at radius 1 is 1.47 bits per heavy atom. The van der Waals surface area contributed by atoms with Crippen molar-refractivity contribution in [2.45, 2.75) is 25.8 Å². The van der Waals surface area contributed by atoms with Gasteiger partial charge in [-0.1, -0.05) is 6.07 Å². The molecule has 0 aliphatic carbocycles. The van der Waals surface area contributed by atoms with E-state index in [2.05, 4.69) is 10.1 Å². The highest BCUT2D eigenvalue weighted by molar-refractivity contribution is 5.69. The number of benzene rings is 1. The van der Waals surface area contributed by atoms with Crippen molar-refractivity contribution >= 4 is 5.97 Å². The molecule has 0 spiro atoms. The topological polar surface area (TPSA) is 47.6 Å². The maximum atomic E-state index is 13.8. The molecule has 0 bridgehead atoms. The SMILES string of the molecule is CCOc1ccc(C(CCC(=O)OC)NC)cc1F. The van der Waals surface area contributed by atoms with Crippen molar-refractivity contribution in [3.8, 4) is 5.75 Å². The zero-order valence-corrected chi connectivity index (χ0v) is 11.5. The fourth-order valence-electron chi connectivity index (χ4n) is 1.85. The number of methoxy groups -OCH3 is 1. The van der Waals surface area contributed by atoms with E-state index >= 15 is 0 Å². The summed E-state index contributed by atoms with van der Waals surface area (Å²) < 4.78 is 23.5. The van der Waals surface area contributed by atoms with Gasteiger partial charge in [-0.3, -0.25) is 4.79 Å². The van der Waals surface area contributed by atoms with Crippen LogP contribution in [-0.4, -0.2) is 26.7 Å². The molecule has 19 heavy (non-hydrogen) atoms. The van der Waals surface area contributed by atoms with Gasteiger partial charge < -0.3 is 14.8 Å². The van der Waals surface area contributed by atoms with E-state index in [1.807, 2.05) is 0 Å². The molecule has 1 aromatic carbocycles. The van der Waals surface area contributed by atoms with Crippen LogP contribution in [0.2, 0.25) is 0 Å². The summed E-state index contributed by atoms with van der Waals surface area (Å²) in [5, 5.41) is 3.06. The Hall–Kier alpha value is -1.62. The molecule has 1 atom stereocenters. The van der Waals surface area contributed by atoms with Crippen LogP contribution in [0.4, 0.5) is 4.39 Å². The molecule has 1 aromatic rings. The van der Waals surface area contributed by atoms with E-state index in [9.17, 15) is 9.18 Å². The summed E-state index contributed by atoms with van der Waals surface area (Å²) in [5.74, 6) is -0.418. The number of hydrogen-bond donors (Lipinski definition) is 1. The second-order valence-corrected chi connectivity index (χ2v) is 4.08. The monoisotopic (exact) mass is 269 g/mol. The molecule has 0 saturated carbocycles. The van der Waals surface area contributed by atoms with Crippen molar-refractivity contribution in [2.24, 2.45) is 0 Å². The van der Waals surface area contributed by atoms with Crippen LogP contribution in [0.3, 0.4) is 0 Å². The lowest BCUT2D eigenvalue weighted by Gasteiger charge is -2.17. The zero-order valence-electron chi connectivity index (χ0n) is 11.5. The number of carbonyl (C=O) groups excluding carboxylic acids is 1. The molecule has 1 rings (SSSR count). The third-order valence-corrected chi connectivity index (χ3v) is 2.87. The summed E-state index contributed by atoms with van der Waals surface area (Å²) in [5.41, 5.74) is 0.785. The molecular weight excluding hydrogens is 249 g/mol. The molecular formula is C14H20FNO3. The van der Waals surface area contributed by atoms with Gasteiger partial charge in [0, 0.05) is 12.5 Å². The average molecular weight is 269 g/mol. The van der Waals surface area contributed by atoms with Crippen molar-refractivity contribution in [1.82, 2.24) is 5.32 Å². The predicted octanol–water partition coefficient (Wildman–Crippen LogP) is 2.44. The summed E-state index contributed by atoms with van der Waals surface area (Å²) in [7, 11) is 3.13. The van der Waals surface area contributed by atoms with Gasteiger partial charge in [-0.05, 0) is 38.1 Å². The van der Waals surface area contributed by atoms with E-state index in [1.165, 1.54) is 13.2 Å². The summed E-state index contributed by atoms with van der Waals surface area (Å²) >= 11 is 0. The van der Waals surface area contributed by atoms with E-state index < -0.39 is 5.82 Å². The summed E-state index contributed by atoms with van der Waals surface area (Å²) in [6, 6.07) is 4.75. The highest BCUT2D eigenvalue weighted by Gasteiger charge is 2.14. The van der Waals surface area contributed by atoms with E-state index in [1.54, 1.807) is 26.1 Å². The second-order valence-electron chi connectivity index (χ2n) is 4.08. The Morgan fingerprint density at radius 2 is 2.21 bits per heavy atom. The van der Waals surface area contributed by atoms with Crippen LogP contribution < -0.4 is 10.1 Å². The third kappa shape index (κ3) is 4.52. The second kappa shape index (κ2) is 7.74. The first-order valence-electron chi connectivity index (χ1n) is 6.28. The molecule has 0 radical (unpaired) electrons. The highest BCUT2D eigenvalue weighted by Crippen LogP contribution is 2.24. The normalized spacial score (nSPS) is 12.0. The largest absolute Gasteiger partial charge is 0.491 e. The minimum atomic E-state index is -0.391. The van der Waals surface area contributed by atoms with Gasteiger partial charge in [0.15, 0.2) is 11.6 Å². The smallest absolute Gasteiger partial charge is 0.305 e. The molecule has 0 aromatic heterocycles. The first-order chi connectivity index (χ1) is 9.12. The lowest BCUT2D eigenvalue weighted by atomic mass is 10.0. The number of carbonyl (C=O) groups is 1. The fourth-order valence-corrected chi connectivity index (χ4v) is 1.85. The lowest BCUT2D eigenvalue weighted by molar-refractivity contribution is -0.140. The number of hydrogen-bond acceptors (Lipinski definition) is 4. The Balaban J connectivity index is 2.75. The number of esters is 1. The number of rotatable bonds is 7. The van der Waals surface area contributed by atoms with Gasteiger partial charge in [-0.15, -0.1) is 0 Å². The van der Waals surface area contributed by atoms with Crippen LogP contribution in [0.15, 0.2) is 18.2 Å². The van der Waals surface area contributed by atoms with Gasteiger partial charge in [-0.25, -0.2) is 4.39 Å². The maximum absolute atomic E-state index is 13.8. The zero-order chi connectivity index (χ0) is 14.3. The van der Waals surface area contributed by atoms with E-state index in [0.717, 1.165) is 5.56 Å². The molecule has 0 fully saturated rings. The van der Waals surface area contributed by atoms with E-state index in [0.29, 0.717) is 13.0 Å². The third-order valence-electron chi connectivity index (χ3n) is 2.87. The van der Waals surface area contributed by atoms with Crippen molar-refractivity contribution in [3.05, 3.63) is 29.6 Å². The Bertz CT molecular complexity index is 423. The predicted molar refractivity (Wildman–Crippen MR) is 70.6 cm³/mol. The summed E-state index contributed by atoms with van der Waals surface area (Å²) in [4.78, 5) is 11.1. The molecule has 1 N–H and O–H groups in total. The molecule has 0 heterocycles. The number of halogens is 1. The Kier molecular flexibility index (Phi) is 6.29. The van der Waals surface area contributed by atoms with E-state index in [4.69, 9.17) is 4.74 Å². The van der Waals surface area contributed by atoms with Crippen molar-refractivity contribution in [1.29, 1.82) is 0 Å². The first kappa shape index (κ1) is 15.4. The molecule has 0 amide bonds. The van der Waals surface area contributed by atoms with Crippen LogP contribution in [0.1, 0.15) is 31.4 Å². The van der Waals surface area contributed by atoms with Crippen LogP contribution in [0.25, 0.3) is 0 Å². The minimum absolute atomic E-state index is 0.0933. The Morgan fingerprint density at radius 3 is 2.74 bits per heavy atom. The van der Waals surface area contributed by atoms with Crippen LogP contribution in [0, 0.1) is 5.82 Å². The minimum Gasteiger partial charge on any atom is -0.491 e. The van der Waals surface area contributed by atoms with Gasteiger partial charge in [-0.2, -0.15) is 0 Å². The lowest BCUT2D eigenvalue weighted by Crippen LogP contribution is -2.18. The molecule has 0 aliphatic heterocycles. The van der Waals surface area contributed by atoms with Crippen molar-refractivity contribution in [2.75, 3.05) is 20.8 Å². The molecule has 0 aliphatic rings. The summed E-state index contributed by atoms with van der Waals surface area (Å²) in [6.45, 7) is 2.23. The van der Waals surface area contributed by atoms with Gasteiger partial charge in [0.05, 0.1) is 13.7 Å². The van der Waals surface area contributed by atoms with Crippen LogP contribution in [0.5, 0.6) is 5.75 Å². The van der Waals surface area contributed by atoms with Gasteiger partial charge in [0.25, 0.3) is 0 Å². The quantitative estimate of drug-likeness (QED) is 0.772. The van der Waals surface area contributed by atoms with Gasteiger partial charge >= 0.3 is 5.97 Å². The van der Waals surface area contributed by atoms with Crippen LogP contribution in [-0.2, 0) is 9.53 Å². The Labute approximate surface area is 112 Å². The summed E-state index contributed by atoms with van der Waals surface area (Å²) in [6.07, 6.45) is 0.841. The molecule has 5 heteroatoms. The molecule has 0 saturated heterocycles. The molecule has 4 nitrogen and oxygen atoms in total. The van der Waals surface area contributed by atoms with Crippen molar-refractivity contribution < 1.29 is 18.7 Å². The molecule has 1 unspecified atom stereocenters. The average Bonchev–Trinajstić information content (AvgIpc) is 2.42. The maximum Gasteiger partial charge on any atom is 0.305 e. The van der Waals surface area contributed by atoms with Crippen LogP contribution >= 0.6 is 0 Å². The number of nitrogens with one attached hydrogen (secondary N) is 1. The van der Waals surface area contributed by atoms with Gasteiger partial charge in [0.2, 0.25) is 0 Å². The number of ether oxygens (including phenoxy) is 2. The standard InChI is InChI=1S/C14H20FNO3/c1-4-19-13-7-5-10(9-11(13)15)12(16-2)6-8-14(17)18-3/h5,7,9,12,16H,4,6,8H2,1-3H3. The van der Waals surface area contributed by atoms with Gasteiger partial charge in [0.1, 0.15) is 0 Å². The van der Waals surface area contributed by atoms with E-state index in [-0.39, 0.29) is 24.2 Å².